The summed E-state index contributed by atoms with van der Waals surface area (Å²) >= 11 is 5.85. The minimum atomic E-state index is -0.0822. The van der Waals surface area contributed by atoms with E-state index < -0.39 is 0 Å². The van der Waals surface area contributed by atoms with E-state index in [-0.39, 0.29) is 5.41 Å². The molecule has 17 heavy (non-hydrogen) atoms. The normalized spacial score (nSPS) is 17.5. The lowest BCUT2D eigenvalue weighted by Crippen LogP contribution is -2.39. The van der Waals surface area contributed by atoms with Crippen molar-refractivity contribution in [3.8, 4) is 6.07 Å². The molecule has 1 aromatic carbocycles. The van der Waals surface area contributed by atoms with Gasteiger partial charge in [-0.15, -0.1) is 0 Å². The summed E-state index contributed by atoms with van der Waals surface area (Å²) in [4.78, 5) is 2.23. The predicted octanol–water partition coefficient (Wildman–Crippen LogP) is 3.47. The SMILES string of the molecule is CN(Cc1ccc(Cl)cc1)CC1(C#N)CCC1. The molecule has 0 atom stereocenters. The van der Waals surface area contributed by atoms with Crippen LogP contribution in [0, 0.1) is 16.7 Å². The van der Waals surface area contributed by atoms with Crippen LogP contribution in [0.1, 0.15) is 24.8 Å². The van der Waals surface area contributed by atoms with Crippen molar-refractivity contribution >= 4 is 11.6 Å². The van der Waals surface area contributed by atoms with Crippen molar-refractivity contribution in [1.82, 2.24) is 4.90 Å². The van der Waals surface area contributed by atoms with Gasteiger partial charge in [0.1, 0.15) is 0 Å². The second kappa shape index (κ2) is 5.08. The van der Waals surface area contributed by atoms with Crippen LogP contribution in [-0.2, 0) is 6.54 Å². The molecule has 2 rings (SSSR count). The molecule has 0 unspecified atom stereocenters. The van der Waals surface area contributed by atoms with Gasteiger partial charge < -0.3 is 4.90 Å². The molecule has 0 bridgehead atoms. The molecule has 2 nitrogen and oxygen atoms in total. The van der Waals surface area contributed by atoms with Crippen LogP contribution >= 0.6 is 11.6 Å². The van der Waals surface area contributed by atoms with Crippen LogP contribution < -0.4 is 0 Å². The van der Waals surface area contributed by atoms with Gasteiger partial charge in [-0.05, 0) is 37.6 Å². The van der Waals surface area contributed by atoms with E-state index in [9.17, 15) is 5.26 Å². The van der Waals surface area contributed by atoms with Crippen LogP contribution in [0.25, 0.3) is 0 Å². The third-order valence-corrected chi connectivity index (χ3v) is 3.74. The van der Waals surface area contributed by atoms with E-state index in [1.807, 2.05) is 24.3 Å². The highest BCUT2D eigenvalue weighted by molar-refractivity contribution is 6.30. The van der Waals surface area contributed by atoms with Crippen molar-refractivity contribution in [2.24, 2.45) is 5.41 Å². The van der Waals surface area contributed by atoms with Crippen molar-refractivity contribution in [2.75, 3.05) is 13.6 Å². The lowest BCUT2D eigenvalue weighted by Gasteiger charge is -2.38. The van der Waals surface area contributed by atoms with Gasteiger partial charge in [0.2, 0.25) is 0 Å². The van der Waals surface area contributed by atoms with Crippen LogP contribution in [0.2, 0.25) is 5.02 Å². The molecule has 1 fully saturated rings. The fourth-order valence-electron chi connectivity index (χ4n) is 2.38. The van der Waals surface area contributed by atoms with E-state index >= 15 is 0 Å². The van der Waals surface area contributed by atoms with Gasteiger partial charge in [0.25, 0.3) is 0 Å². The highest BCUT2D eigenvalue weighted by atomic mass is 35.5. The minimum absolute atomic E-state index is 0.0822. The molecule has 0 aliphatic heterocycles. The van der Waals surface area contributed by atoms with Gasteiger partial charge in [0.15, 0.2) is 0 Å². The minimum Gasteiger partial charge on any atom is -0.301 e. The Kier molecular flexibility index (Phi) is 3.71. The first-order valence-corrected chi connectivity index (χ1v) is 6.36. The second-order valence-electron chi connectivity index (χ2n) is 5.04. The number of halogens is 1. The smallest absolute Gasteiger partial charge is 0.0703 e. The summed E-state index contributed by atoms with van der Waals surface area (Å²) in [7, 11) is 2.08. The maximum atomic E-state index is 9.19. The van der Waals surface area contributed by atoms with Gasteiger partial charge in [0.05, 0.1) is 11.5 Å². The highest BCUT2D eigenvalue weighted by Crippen LogP contribution is 2.40. The fraction of sp³-hybridized carbons (Fsp3) is 0.500. The number of nitriles is 1. The molecular weight excluding hydrogens is 232 g/mol. The van der Waals surface area contributed by atoms with E-state index in [0.717, 1.165) is 31.0 Å². The second-order valence-corrected chi connectivity index (χ2v) is 5.48. The summed E-state index contributed by atoms with van der Waals surface area (Å²) in [6.45, 7) is 1.74. The molecule has 0 N–H and O–H groups in total. The summed E-state index contributed by atoms with van der Waals surface area (Å²) in [5, 5.41) is 9.96. The molecule has 0 heterocycles. The number of hydrogen-bond donors (Lipinski definition) is 0. The zero-order chi connectivity index (χ0) is 12.3. The Labute approximate surface area is 108 Å². The average molecular weight is 249 g/mol. The first-order chi connectivity index (χ1) is 8.13. The Hall–Kier alpha value is -1.04. The summed E-state index contributed by atoms with van der Waals surface area (Å²) in [5.74, 6) is 0. The summed E-state index contributed by atoms with van der Waals surface area (Å²) < 4.78 is 0. The maximum absolute atomic E-state index is 9.19. The third kappa shape index (κ3) is 3.00. The predicted molar refractivity (Wildman–Crippen MR) is 69.7 cm³/mol. The van der Waals surface area contributed by atoms with E-state index in [1.54, 1.807) is 0 Å². The van der Waals surface area contributed by atoms with Crippen LogP contribution in [0.3, 0.4) is 0 Å². The van der Waals surface area contributed by atoms with Crippen molar-refractivity contribution in [2.45, 2.75) is 25.8 Å². The zero-order valence-electron chi connectivity index (χ0n) is 10.1. The lowest BCUT2D eigenvalue weighted by atomic mass is 9.69. The first kappa shape index (κ1) is 12.4. The van der Waals surface area contributed by atoms with Gasteiger partial charge in [-0.3, -0.25) is 0 Å². The molecule has 1 aliphatic rings. The first-order valence-electron chi connectivity index (χ1n) is 5.98. The molecule has 0 radical (unpaired) electrons. The zero-order valence-corrected chi connectivity index (χ0v) is 10.9. The molecule has 0 aromatic heterocycles. The number of hydrogen-bond acceptors (Lipinski definition) is 2. The number of nitrogens with zero attached hydrogens (tertiary/aromatic N) is 2. The molecular formula is C14H17ClN2. The van der Waals surface area contributed by atoms with Gasteiger partial charge in [-0.1, -0.05) is 30.2 Å². The van der Waals surface area contributed by atoms with Crippen LogP contribution in [0.5, 0.6) is 0 Å². The Morgan fingerprint density at radius 2 is 2.00 bits per heavy atom. The quantitative estimate of drug-likeness (QED) is 0.816. The summed E-state index contributed by atoms with van der Waals surface area (Å²) in [5.41, 5.74) is 1.16. The molecule has 3 heteroatoms. The average Bonchev–Trinajstić information content (AvgIpc) is 2.27. The highest BCUT2D eigenvalue weighted by Gasteiger charge is 2.37. The molecule has 0 saturated heterocycles. The van der Waals surface area contributed by atoms with E-state index in [0.29, 0.717) is 0 Å². The van der Waals surface area contributed by atoms with Gasteiger partial charge in [-0.2, -0.15) is 5.26 Å². The standard InChI is InChI=1S/C14H17ClN2/c1-17(11-14(10-16)7-2-8-14)9-12-3-5-13(15)6-4-12/h3-6H,2,7-9,11H2,1H3. The van der Waals surface area contributed by atoms with E-state index in [2.05, 4.69) is 18.0 Å². The fourth-order valence-corrected chi connectivity index (χ4v) is 2.51. The van der Waals surface area contributed by atoms with Crippen molar-refractivity contribution in [3.05, 3.63) is 34.9 Å². The van der Waals surface area contributed by atoms with Crippen molar-refractivity contribution < 1.29 is 0 Å². The van der Waals surface area contributed by atoms with Gasteiger partial charge in [-0.25, -0.2) is 0 Å². The van der Waals surface area contributed by atoms with Crippen LogP contribution in [0.15, 0.2) is 24.3 Å². The monoisotopic (exact) mass is 248 g/mol. The third-order valence-electron chi connectivity index (χ3n) is 3.49. The van der Waals surface area contributed by atoms with Crippen molar-refractivity contribution in [3.63, 3.8) is 0 Å². The summed E-state index contributed by atoms with van der Waals surface area (Å²) in [6.07, 6.45) is 3.30. The Morgan fingerprint density at radius 1 is 1.35 bits per heavy atom. The maximum Gasteiger partial charge on any atom is 0.0703 e. The van der Waals surface area contributed by atoms with E-state index in [1.165, 1.54) is 12.0 Å². The Bertz CT molecular complexity index is 415. The molecule has 1 aliphatic carbocycles. The van der Waals surface area contributed by atoms with Gasteiger partial charge in [0, 0.05) is 18.1 Å². The topological polar surface area (TPSA) is 27.0 Å². The largest absolute Gasteiger partial charge is 0.301 e. The number of rotatable bonds is 4. The summed E-state index contributed by atoms with van der Waals surface area (Å²) in [6, 6.07) is 10.4. The van der Waals surface area contributed by atoms with Crippen LogP contribution in [-0.4, -0.2) is 18.5 Å². The Morgan fingerprint density at radius 3 is 2.47 bits per heavy atom. The molecule has 0 amide bonds. The van der Waals surface area contributed by atoms with Gasteiger partial charge >= 0.3 is 0 Å². The molecule has 1 saturated carbocycles. The Balaban J connectivity index is 1.91. The lowest BCUT2D eigenvalue weighted by molar-refractivity contribution is 0.134. The number of benzene rings is 1. The van der Waals surface area contributed by atoms with E-state index in [4.69, 9.17) is 11.6 Å². The van der Waals surface area contributed by atoms with Crippen LogP contribution in [0.4, 0.5) is 0 Å². The van der Waals surface area contributed by atoms with Crippen molar-refractivity contribution in [1.29, 1.82) is 5.26 Å². The molecule has 0 spiro atoms. The molecule has 1 aromatic rings. The molecule has 90 valence electrons.